The van der Waals surface area contributed by atoms with E-state index >= 15 is 0 Å². The minimum atomic E-state index is -0.773. The first-order valence-electron chi connectivity index (χ1n) is 9.33. The molecule has 0 aromatic heterocycles. The average molecular weight is 360 g/mol. The van der Waals surface area contributed by atoms with E-state index in [1.165, 1.54) is 12.8 Å². The Balaban J connectivity index is 1.48. The summed E-state index contributed by atoms with van der Waals surface area (Å²) in [6.07, 6.45) is 4.38. The van der Waals surface area contributed by atoms with Crippen LogP contribution in [0.25, 0.3) is 0 Å². The highest BCUT2D eigenvalue weighted by Gasteiger charge is 2.37. The van der Waals surface area contributed by atoms with Crippen LogP contribution < -0.4 is 10.1 Å². The highest BCUT2D eigenvalue weighted by molar-refractivity contribution is 5.79. The van der Waals surface area contributed by atoms with Crippen molar-refractivity contribution in [3.05, 3.63) is 29.3 Å². The van der Waals surface area contributed by atoms with E-state index < -0.39 is 5.97 Å². The molecule has 2 saturated carbocycles. The van der Waals surface area contributed by atoms with Crippen molar-refractivity contribution >= 4 is 11.9 Å². The van der Waals surface area contributed by atoms with E-state index in [-0.39, 0.29) is 24.5 Å². The van der Waals surface area contributed by atoms with Gasteiger partial charge in [-0.25, -0.2) is 0 Å². The van der Waals surface area contributed by atoms with Crippen LogP contribution in [0.15, 0.2) is 18.2 Å². The lowest BCUT2D eigenvalue weighted by Crippen LogP contribution is -2.55. The predicted octanol–water partition coefficient (Wildman–Crippen LogP) is 1.99. The number of carboxylic acids is 1. The summed E-state index contributed by atoms with van der Waals surface area (Å²) in [6, 6.07) is 6.24. The molecule has 6 heteroatoms. The largest absolute Gasteiger partial charge is 0.496 e. The third-order valence-electron chi connectivity index (χ3n) is 5.31. The van der Waals surface area contributed by atoms with Crippen molar-refractivity contribution in [3.63, 3.8) is 0 Å². The number of rotatable bonds is 9. The maximum absolute atomic E-state index is 12.4. The maximum atomic E-state index is 12.4. The molecule has 0 saturated heterocycles. The van der Waals surface area contributed by atoms with Crippen molar-refractivity contribution in [1.82, 2.24) is 10.2 Å². The highest BCUT2D eigenvalue weighted by atomic mass is 16.5. The van der Waals surface area contributed by atoms with Gasteiger partial charge in [0.2, 0.25) is 5.91 Å². The van der Waals surface area contributed by atoms with E-state index in [0.29, 0.717) is 12.3 Å². The van der Waals surface area contributed by atoms with Crippen molar-refractivity contribution in [2.75, 3.05) is 20.2 Å². The molecule has 6 nitrogen and oxygen atoms in total. The molecule has 1 amide bonds. The van der Waals surface area contributed by atoms with Gasteiger partial charge < -0.3 is 15.2 Å². The third-order valence-corrected chi connectivity index (χ3v) is 5.31. The molecular formula is C20H28N2O4. The van der Waals surface area contributed by atoms with Crippen LogP contribution in [0.1, 0.15) is 36.8 Å². The Morgan fingerprint density at radius 2 is 2.04 bits per heavy atom. The van der Waals surface area contributed by atoms with Crippen molar-refractivity contribution in [2.45, 2.75) is 51.1 Å². The topological polar surface area (TPSA) is 78.9 Å². The summed E-state index contributed by atoms with van der Waals surface area (Å²) >= 11 is 0. The fraction of sp³-hybridized carbons (Fsp3) is 0.600. The van der Waals surface area contributed by atoms with Gasteiger partial charge in [0.05, 0.1) is 20.1 Å². The third kappa shape index (κ3) is 4.97. The lowest BCUT2D eigenvalue weighted by Gasteiger charge is -2.42. The zero-order chi connectivity index (χ0) is 18.7. The minimum Gasteiger partial charge on any atom is -0.496 e. The fourth-order valence-electron chi connectivity index (χ4n) is 3.65. The normalized spacial score (nSPS) is 22.0. The zero-order valence-corrected chi connectivity index (χ0v) is 15.5. The second kappa shape index (κ2) is 8.08. The SMILES string of the molecule is COc1ccc(C)cc1CC(=O)NC1CC(N(CC(=O)O)CC2CC2)C1. The Hall–Kier alpha value is -2.08. The molecule has 0 radical (unpaired) electrons. The van der Waals surface area contributed by atoms with Gasteiger partial charge in [-0.2, -0.15) is 0 Å². The molecule has 2 fully saturated rings. The van der Waals surface area contributed by atoms with Crippen LogP contribution in [-0.4, -0.2) is 54.2 Å². The van der Waals surface area contributed by atoms with Gasteiger partial charge in [0.1, 0.15) is 5.75 Å². The average Bonchev–Trinajstić information content (AvgIpc) is 3.33. The Labute approximate surface area is 154 Å². The first-order valence-corrected chi connectivity index (χ1v) is 9.33. The Morgan fingerprint density at radius 1 is 1.31 bits per heavy atom. The molecule has 0 atom stereocenters. The predicted molar refractivity (Wildman–Crippen MR) is 98.3 cm³/mol. The first kappa shape index (κ1) is 18.7. The molecule has 3 rings (SSSR count). The molecule has 2 aliphatic carbocycles. The monoisotopic (exact) mass is 360 g/mol. The molecule has 2 aliphatic rings. The minimum absolute atomic E-state index is 0.00988. The van der Waals surface area contributed by atoms with E-state index in [1.807, 2.05) is 25.1 Å². The molecule has 26 heavy (non-hydrogen) atoms. The summed E-state index contributed by atoms with van der Waals surface area (Å²) in [7, 11) is 1.61. The highest BCUT2D eigenvalue weighted by Crippen LogP contribution is 2.33. The van der Waals surface area contributed by atoms with Crippen LogP contribution >= 0.6 is 0 Å². The van der Waals surface area contributed by atoms with Crippen LogP contribution in [0, 0.1) is 12.8 Å². The molecule has 1 aromatic carbocycles. The van der Waals surface area contributed by atoms with E-state index in [1.54, 1.807) is 7.11 Å². The van der Waals surface area contributed by atoms with Crippen LogP contribution in [0.5, 0.6) is 5.75 Å². The number of carbonyl (C=O) groups excluding carboxylic acids is 1. The van der Waals surface area contributed by atoms with Gasteiger partial charge in [-0.15, -0.1) is 0 Å². The van der Waals surface area contributed by atoms with Gasteiger partial charge in [-0.1, -0.05) is 17.7 Å². The van der Waals surface area contributed by atoms with E-state index in [9.17, 15) is 9.59 Å². The number of amides is 1. The Kier molecular flexibility index (Phi) is 5.81. The zero-order valence-electron chi connectivity index (χ0n) is 15.5. The number of aliphatic carboxylic acids is 1. The number of benzene rings is 1. The Morgan fingerprint density at radius 3 is 2.65 bits per heavy atom. The van der Waals surface area contributed by atoms with Crippen molar-refractivity contribution < 1.29 is 19.4 Å². The molecule has 0 unspecified atom stereocenters. The number of hydrogen-bond acceptors (Lipinski definition) is 4. The van der Waals surface area contributed by atoms with Crippen LogP contribution in [0.2, 0.25) is 0 Å². The maximum Gasteiger partial charge on any atom is 0.317 e. The second-order valence-electron chi connectivity index (χ2n) is 7.65. The number of nitrogens with zero attached hydrogens (tertiary/aromatic N) is 1. The van der Waals surface area contributed by atoms with Crippen LogP contribution in [0.3, 0.4) is 0 Å². The van der Waals surface area contributed by atoms with Crippen molar-refractivity contribution in [3.8, 4) is 5.75 Å². The molecule has 2 N–H and O–H groups in total. The van der Waals surface area contributed by atoms with E-state index in [4.69, 9.17) is 9.84 Å². The van der Waals surface area contributed by atoms with E-state index in [2.05, 4.69) is 10.2 Å². The lowest BCUT2D eigenvalue weighted by atomic mass is 9.85. The summed E-state index contributed by atoms with van der Waals surface area (Å²) in [4.78, 5) is 25.5. The number of ether oxygens (including phenoxy) is 1. The van der Waals surface area contributed by atoms with Crippen molar-refractivity contribution in [2.24, 2.45) is 5.92 Å². The number of methoxy groups -OCH3 is 1. The van der Waals surface area contributed by atoms with E-state index in [0.717, 1.165) is 36.3 Å². The second-order valence-corrected chi connectivity index (χ2v) is 7.65. The first-order chi connectivity index (χ1) is 12.4. The quantitative estimate of drug-likeness (QED) is 0.704. The lowest BCUT2D eigenvalue weighted by molar-refractivity contribution is -0.140. The van der Waals surface area contributed by atoms with Crippen molar-refractivity contribution in [1.29, 1.82) is 0 Å². The Bertz CT molecular complexity index is 666. The molecule has 0 aliphatic heterocycles. The summed E-state index contributed by atoms with van der Waals surface area (Å²) in [5.41, 5.74) is 1.99. The van der Waals surface area contributed by atoms with Gasteiger partial charge in [0, 0.05) is 24.2 Å². The standard InChI is InChI=1S/C20H28N2O4/c1-13-3-6-18(26-2)15(7-13)8-19(23)21-16-9-17(10-16)22(12-20(24)25)11-14-4-5-14/h3,6-7,14,16-17H,4-5,8-12H2,1-2H3,(H,21,23)(H,24,25). The molecular weight excluding hydrogens is 332 g/mol. The summed E-state index contributed by atoms with van der Waals surface area (Å²) in [5, 5.41) is 12.2. The molecule has 1 aromatic rings. The molecule has 0 spiro atoms. The van der Waals surface area contributed by atoms with Crippen LogP contribution in [0.4, 0.5) is 0 Å². The van der Waals surface area contributed by atoms with Gasteiger partial charge in [0.15, 0.2) is 0 Å². The number of nitrogens with one attached hydrogen (secondary N) is 1. The number of aryl methyl sites for hydroxylation is 1. The fourth-order valence-corrected chi connectivity index (χ4v) is 3.65. The van der Waals surface area contributed by atoms with Crippen LogP contribution in [-0.2, 0) is 16.0 Å². The number of carboxylic acid groups (broad SMARTS) is 1. The van der Waals surface area contributed by atoms with Gasteiger partial charge in [-0.05, 0) is 44.6 Å². The van der Waals surface area contributed by atoms with Gasteiger partial charge in [0.25, 0.3) is 0 Å². The molecule has 0 bridgehead atoms. The number of hydrogen-bond donors (Lipinski definition) is 2. The van der Waals surface area contributed by atoms with Gasteiger partial charge >= 0.3 is 5.97 Å². The molecule has 0 heterocycles. The smallest absolute Gasteiger partial charge is 0.317 e. The molecule has 142 valence electrons. The summed E-state index contributed by atoms with van der Waals surface area (Å²) < 4.78 is 5.33. The summed E-state index contributed by atoms with van der Waals surface area (Å²) in [5.74, 6) is 0.611. The summed E-state index contributed by atoms with van der Waals surface area (Å²) in [6.45, 7) is 2.97. The number of carbonyl (C=O) groups is 2. The van der Waals surface area contributed by atoms with Gasteiger partial charge in [-0.3, -0.25) is 14.5 Å².